The van der Waals surface area contributed by atoms with Gasteiger partial charge in [0, 0.05) is 36.0 Å². The number of ether oxygens (including phenoxy) is 2. The molecule has 1 aromatic carbocycles. The van der Waals surface area contributed by atoms with E-state index in [1.165, 1.54) is 14.0 Å². The number of halogens is 3. The molecule has 12 heteroatoms. The van der Waals surface area contributed by atoms with Crippen LogP contribution in [0.4, 0.5) is 18.0 Å². The van der Waals surface area contributed by atoms with E-state index in [4.69, 9.17) is 9.47 Å². The van der Waals surface area contributed by atoms with Crippen molar-refractivity contribution in [3.63, 3.8) is 0 Å². The predicted molar refractivity (Wildman–Crippen MR) is 141 cm³/mol. The molecular formula is C28H32F3N5O4. The third-order valence-electron chi connectivity index (χ3n) is 7.15. The number of methoxy groups -OCH3 is 2. The highest BCUT2D eigenvalue weighted by atomic mass is 19.2. The van der Waals surface area contributed by atoms with Crippen LogP contribution in [0.15, 0.2) is 52.8 Å². The number of rotatable bonds is 7. The fraction of sp³-hybridized carbons (Fsp3) is 0.429. The molecule has 1 N–H and O–H groups in total. The van der Waals surface area contributed by atoms with Crippen molar-refractivity contribution in [1.29, 1.82) is 0 Å². The second-order valence-corrected chi connectivity index (χ2v) is 9.61. The number of likely N-dealkylation sites (tertiary alicyclic amines) is 1. The molecule has 1 unspecified atom stereocenters. The van der Waals surface area contributed by atoms with E-state index >= 15 is 0 Å². The molecule has 0 spiro atoms. The van der Waals surface area contributed by atoms with E-state index in [-0.39, 0.29) is 23.8 Å². The quantitative estimate of drug-likeness (QED) is 0.309. The van der Waals surface area contributed by atoms with E-state index in [1.54, 1.807) is 0 Å². The van der Waals surface area contributed by atoms with Gasteiger partial charge in [-0.3, -0.25) is 4.98 Å². The summed E-state index contributed by atoms with van der Waals surface area (Å²) in [4.78, 5) is 37.9. The first-order chi connectivity index (χ1) is 19.2. The molecule has 0 saturated carbocycles. The molecule has 2 amide bonds. The maximum atomic E-state index is 15.0. The summed E-state index contributed by atoms with van der Waals surface area (Å²) in [5.74, 6) is -4.37. The number of amidine groups is 1. The zero-order valence-electron chi connectivity index (χ0n) is 22.6. The Morgan fingerprint density at radius 1 is 1.07 bits per heavy atom. The van der Waals surface area contributed by atoms with Crippen LogP contribution in [0.25, 0.3) is 0 Å². The number of pyridine rings is 1. The molecule has 214 valence electrons. The molecule has 0 bridgehead atoms. The van der Waals surface area contributed by atoms with Crippen molar-refractivity contribution in [2.24, 2.45) is 4.99 Å². The number of carbonyl (C=O) groups excluding carboxylic acids is 2. The number of piperidine rings is 1. The number of benzene rings is 1. The van der Waals surface area contributed by atoms with E-state index in [9.17, 15) is 22.8 Å². The number of carbonyl (C=O) groups is 2. The highest BCUT2D eigenvalue weighted by Crippen LogP contribution is 2.38. The molecule has 1 atom stereocenters. The molecule has 1 aromatic heterocycles. The van der Waals surface area contributed by atoms with E-state index < -0.39 is 41.1 Å². The second kappa shape index (κ2) is 12.9. The Morgan fingerprint density at radius 2 is 1.80 bits per heavy atom. The standard InChI is InChI=1S/C28H32F3N5O4/c1-17-24(26(37)39-2)25(19-15-21(30)22(31)16-20(19)29)36(28(34-17)40-3)27(38)33-11-6-12-35-13-8-18(9-14-35)23-7-4-5-10-32-23/h4-5,7,10,15-16,18,25H,6,8-9,11-14H2,1-3H3,(H,33,38). The van der Waals surface area contributed by atoms with Crippen molar-refractivity contribution in [3.05, 3.63) is 76.5 Å². The molecule has 2 aliphatic rings. The lowest BCUT2D eigenvalue weighted by Gasteiger charge is -2.35. The minimum atomic E-state index is -1.51. The van der Waals surface area contributed by atoms with Crippen molar-refractivity contribution in [1.82, 2.24) is 20.1 Å². The first-order valence-electron chi connectivity index (χ1n) is 13.0. The van der Waals surface area contributed by atoms with Gasteiger partial charge in [0.25, 0.3) is 0 Å². The topological polar surface area (TPSA) is 96.4 Å². The number of aliphatic imine (C=N–C) groups is 1. The molecule has 4 rings (SSSR count). The molecule has 1 saturated heterocycles. The number of nitrogens with one attached hydrogen (secondary N) is 1. The molecule has 3 heterocycles. The maximum Gasteiger partial charge on any atom is 0.338 e. The minimum absolute atomic E-state index is 0.0796. The fourth-order valence-corrected chi connectivity index (χ4v) is 5.11. The van der Waals surface area contributed by atoms with E-state index in [2.05, 4.69) is 26.3 Å². The Kier molecular flexibility index (Phi) is 9.41. The molecule has 9 nitrogen and oxygen atoms in total. The smallest absolute Gasteiger partial charge is 0.338 e. The molecule has 40 heavy (non-hydrogen) atoms. The Balaban J connectivity index is 1.45. The number of hydrogen-bond acceptors (Lipinski definition) is 7. The summed E-state index contributed by atoms with van der Waals surface area (Å²) >= 11 is 0. The molecular weight excluding hydrogens is 527 g/mol. The van der Waals surface area contributed by atoms with E-state index in [1.807, 2.05) is 18.3 Å². The zero-order chi connectivity index (χ0) is 28.8. The molecule has 1 fully saturated rings. The van der Waals surface area contributed by atoms with Gasteiger partial charge in [-0.05, 0) is 64.0 Å². The Hall–Kier alpha value is -3.93. The lowest BCUT2D eigenvalue weighted by atomic mass is 9.93. The average Bonchev–Trinajstić information content (AvgIpc) is 2.96. The van der Waals surface area contributed by atoms with Crippen molar-refractivity contribution in [2.75, 3.05) is 40.4 Å². The van der Waals surface area contributed by atoms with E-state index in [0.717, 1.165) is 50.2 Å². The van der Waals surface area contributed by atoms with E-state index in [0.29, 0.717) is 24.5 Å². The number of aromatic nitrogens is 1. The van der Waals surface area contributed by atoms with Crippen LogP contribution in [0.3, 0.4) is 0 Å². The van der Waals surface area contributed by atoms with Gasteiger partial charge in [-0.25, -0.2) is 32.7 Å². The van der Waals surface area contributed by atoms with Gasteiger partial charge in [-0.15, -0.1) is 0 Å². The van der Waals surface area contributed by atoms with Gasteiger partial charge >= 0.3 is 18.0 Å². The van der Waals surface area contributed by atoms with Crippen molar-refractivity contribution < 1.29 is 32.2 Å². The summed E-state index contributed by atoms with van der Waals surface area (Å²) in [7, 11) is 2.36. The van der Waals surface area contributed by atoms with Crippen molar-refractivity contribution in [3.8, 4) is 0 Å². The van der Waals surface area contributed by atoms with Crippen molar-refractivity contribution in [2.45, 2.75) is 38.1 Å². The zero-order valence-corrected chi connectivity index (χ0v) is 22.6. The molecule has 0 radical (unpaired) electrons. The highest BCUT2D eigenvalue weighted by molar-refractivity contribution is 6.00. The number of allylic oxidation sites excluding steroid dienone is 1. The SMILES string of the molecule is COC(=O)C1=C(C)N=C(OC)N(C(=O)NCCCN2CCC(c3ccccn3)CC2)C1c1cc(F)c(F)cc1F. The first kappa shape index (κ1) is 29.1. The number of urea groups is 1. The maximum absolute atomic E-state index is 15.0. The third kappa shape index (κ3) is 6.27. The Labute approximate surface area is 230 Å². The van der Waals surface area contributed by atoms with Gasteiger partial charge in [0.05, 0.1) is 25.5 Å². The van der Waals surface area contributed by atoms with Crippen LogP contribution in [0.1, 0.15) is 49.4 Å². The molecule has 0 aliphatic carbocycles. The number of esters is 1. The van der Waals surface area contributed by atoms with Crippen LogP contribution >= 0.6 is 0 Å². The summed E-state index contributed by atoms with van der Waals surface area (Å²) in [5, 5.41) is 2.75. The van der Waals surface area contributed by atoms with Crippen LogP contribution < -0.4 is 5.32 Å². The lowest BCUT2D eigenvalue weighted by molar-refractivity contribution is -0.136. The van der Waals surface area contributed by atoms with Gasteiger partial charge in [-0.2, -0.15) is 0 Å². The normalized spacial score (nSPS) is 18.4. The summed E-state index contributed by atoms with van der Waals surface area (Å²) < 4.78 is 53.0. The lowest BCUT2D eigenvalue weighted by Crippen LogP contribution is -2.50. The fourth-order valence-electron chi connectivity index (χ4n) is 5.11. The van der Waals surface area contributed by atoms with Crippen LogP contribution in [-0.2, 0) is 14.3 Å². The van der Waals surface area contributed by atoms with Crippen LogP contribution in [0, 0.1) is 17.5 Å². The summed E-state index contributed by atoms with van der Waals surface area (Å²) in [5.41, 5.74) is 0.526. The van der Waals surface area contributed by atoms with Gasteiger partial charge in [0.2, 0.25) is 0 Å². The first-order valence-corrected chi connectivity index (χ1v) is 13.0. The predicted octanol–water partition coefficient (Wildman–Crippen LogP) is 4.28. The van der Waals surface area contributed by atoms with Crippen LogP contribution in [0.5, 0.6) is 0 Å². The van der Waals surface area contributed by atoms with Gasteiger partial charge in [0.15, 0.2) is 11.6 Å². The van der Waals surface area contributed by atoms with Gasteiger partial charge < -0.3 is 19.7 Å². The average molecular weight is 560 g/mol. The van der Waals surface area contributed by atoms with Crippen LogP contribution in [0.2, 0.25) is 0 Å². The van der Waals surface area contributed by atoms with Gasteiger partial charge in [0.1, 0.15) is 11.9 Å². The largest absolute Gasteiger partial charge is 0.468 e. The summed E-state index contributed by atoms with van der Waals surface area (Å²) in [6.45, 7) is 4.27. The van der Waals surface area contributed by atoms with Gasteiger partial charge in [-0.1, -0.05) is 6.07 Å². The second-order valence-electron chi connectivity index (χ2n) is 9.61. The van der Waals surface area contributed by atoms with Crippen molar-refractivity contribution >= 4 is 18.0 Å². The number of nitrogens with zero attached hydrogens (tertiary/aromatic N) is 4. The summed E-state index contributed by atoms with van der Waals surface area (Å²) in [6.07, 6.45) is 4.42. The molecule has 2 aliphatic heterocycles. The highest BCUT2D eigenvalue weighted by Gasteiger charge is 2.42. The number of hydrogen-bond donors (Lipinski definition) is 1. The third-order valence-corrected chi connectivity index (χ3v) is 7.15. The molecule has 2 aromatic rings. The monoisotopic (exact) mass is 559 g/mol. The Bertz CT molecular complexity index is 1300. The van der Waals surface area contributed by atoms with Crippen LogP contribution in [-0.4, -0.2) is 73.2 Å². The number of amides is 2. The summed E-state index contributed by atoms with van der Waals surface area (Å²) in [6, 6.07) is 4.42. The Morgan fingerprint density at radius 3 is 2.45 bits per heavy atom. The minimum Gasteiger partial charge on any atom is -0.468 e.